The molecule has 1 amide bonds. The second kappa shape index (κ2) is 4.99. The van der Waals surface area contributed by atoms with Gasteiger partial charge in [0.15, 0.2) is 0 Å². The van der Waals surface area contributed by atoms with Gasteiger partial charge in [0, 0.05) is 5.88 Å². The van der Waals surface area contributed by atoms with Crippen LogP contribution in [0.25, 0.3) is 0 Å². The molecule has 1 aliphatic rings. The first-order chi connectivity index (χ1) is 6.63. The van der Waals surface area contributed by atoms with Gasteiger partial charge in [-0.15, -0.1) is 11.6 Å². The van der Waals surface area contributed by atoms with E-state index in [9.17, 15) is 4.79 Å². The van der Waals surface area contributed by atoms with Crippen molar-refractivity contribution >= 4 is 33.4 Å². The van der Waals surface area contributed by atoms with E-state index in [-0.39, 0.29) is 11.8 Å². The van der Waals surface area contributed by atoms with Crippen LogP contribution < -0.4 is 5.32 Å². The summed E-state index contributed by atoms with van der Waals surface area (Å²) in [4.78, 5) is 11.1. The number of hydrogen-bond acceptors (Lipinski definition) is 2. The number of nitriles is 1. The molecule has 3 nitrogen and oxygen atoms in total. The van der Waals surface area contributed by atoms with Crippen molar-refractivity contribution in [3.8, 4) is 6.07 Å². The SMILES string of the molecule is N#CC1(NC(=O)C(Br)CCl)CCCC1. The minimum absolute atomic E-state index is 0.191. The highest BCUT2D eigenvalue weighted by molar-refractivity contribution is 9.10. The molecule has 0 aromatic carbocycles. The Kier molecular flexibility index (Phi) is 4.21. The molecule has 0 saturated heterocycles. The molecule has 0 spiro atoms. The number of halogens is 2. The lowest BCUT2D eigenvalue weighted by Crippen LogP contribution is -2.48. The molecular formula is C9H12BrClN2O. The number of rotatable bonds is 3. The van der Waals surface area contributed by atoms with Crippen molar-refractivity contribution in [1.29, 1.82) is 5.26 Å². The Hall–Kier alpha value is -0.270. The average Bonchev–Trinajstić information content (AvgIpc) is 2.65. The zero-order chi connectivity index (χ0) is 10.6. The fourth-order valence-electron chi connectivity index (χ4n) is 1.63. The number of hydrogen-bond donors (Lipinski definition) is 1. The summed E-state index contributed by atoms with van der Waals surface area (Å²) in [6.45, 7) is 0. The first-order valence-corrected chi connectivity index (χ1v) is 6.02. The average molecular weight is 280 g/mol. The van der Waals surface area contributed by atoms with Crippen LogP contribution in [0.5, 0.6) is 0 Å². The number of amides is 1. The van der Waals surface area contributed by atoms with Crippen molar-refractivity contribution in [2.75, 3.05) is 5.88 Å². The molecule has 1 rings (SSSR count). The molecule has 1 unspecified atom stereocenters. The first-order valence-electron chi connectivity index (χ1n) is 4.57. The number of alkyl halides is 2. The monoisotopic (exact) mass is 278 g/mol. The van der Waals surface area contributed by atoms with Gasteiger partial charge >= 0.3 is 0 Å². The largest absolute Gasteiger partial charge is 0.337 e. The number of carbonyl (C=O) groups excluding carboxylic acids is 1. The van der Waals surface area contributed by atoms with Crippen molar-refractivity contribution in [2.45, 2.75) is 36.0 Å². The number of carbonyl (C=O) groups is 1. The van der Waals surface area contributed by atoms with Crippen molar-refractivity contribution in [1.82, 2.24) is 5.32 Å². The molecule has 14 heavy (non-hydrogen) atoms. The lowest BCUT2D eigenvalue weighted by atomic mass is 10.00. The maximum Gasteiger partial charge on any atom is 0.236 e. The Labute approximate surface area is 96.9 Å². The molecule has 1 N–H and O–H groups in total. The van der Waals surface area contributed by atoms with Crippen molar-refractivity contribution in [3.63, 3.8) is 0 Å². The lowest BCUT2D eigenvalue weighted by molar-refractivity contribution is -0.121. The molecule has 5 heteroatoms. The molecule has 0 heterocycles. The molecule has 0 aromatic rings. The summed E-state index contributed by atoms with van der Waals surface area (Å²) in [7, 11) is 0. The highest BCUT2D eigenvalue weighted by Gasteiger charge is 2.36. The zero-order valence-corrected chi connectivity index (χ0v) is 10.1. The van der Waals surface area contributed by atoms with Gasteiger partial charge in [-0.3, -0.25) is 4.79 Å². The Morgan fingerprint density at radius 3 is 2.64 bits per heavy atom. The van der Waals surface area contributed by atoms with E-state index in [0.717, 1.165) is 25.7 Å². The predicted octanol–water partition coefficient (Wildman–Crippen LogP) is 1.94. The third-order valence-corrected chi connectivity index (χ3v) is 3.87. The Bertz CT molecular complexity index is 258. The zero-order valence-electron chi connectivity index (χ0n) is 7.72. The molecule has 78 valence electrons. The molecule has 0 bridgehead atoms. The normalized spacial score (nSPS) is 21.2. The van der Waals surface area contributed by atoms with E-state index in [1.165, 1.54) is 0 Å². The topological polar surface area (TPSA) is 52.9 Å². The maximum absolute atomic E-state index is 11.5. The van der Waals surface area contributed by atoms with E-state index in [1.54, 1.807) is 0 Å². The van der Waals surface area contributed by atoms with Gasteiger partial charge in [-0.25, -0.2) is 0 Å². The Balaban J connectivity index is 2.57. The van der Waals surface area contributed by atoms with Gasteiger partial charge in [0.2, 0.25) is 5.91 Å². The highest BCUT2D eigenvalue weighted by Crippen LogP contribution is 2.29. The molecule has 1 atom stereocenters. The molecule has 0 aliphatic heterocycles. The van der Waals surface area contributed by atoms with Gasteiger partial charge < -0.3 is 5.32 Å². The van der Waals surface area contributed by atoms with Crippen LogP contribution >= 0.6 is 27.5 Å². The van der Waals surface area contributed by atoms with Crippen LogP contribution in [-0.4, -0.2) is 22.2 Å². The van der Waals surface area contributed by atoms with Crippen LogP contribution in [0.1, 0.15) is 25.7 Å². The van der Waals surface area contributed by atoms with Crippen LogP contribution in [-0.2, 0) is 4.79 Å². The van der Waals surface area contributed by atoms with Crippen LogP contribution in [0, 0.1) is 11.3 Å². The quantitative estimate of drug-likeness (QED) is 0.803. The second-order valence-electron chi connectivity index (χ2n) is 3.51. The van der Waals surface area contributed by atoms with Gasteiger partial charge in [-0.2, -0.15) is 5.26 Å². The summed E-state index contributed by atoms with van der Waals surface area (Å²) < 4.78 is 0. The summed E-state index contributed by atoms with van der Waals surface area (Å²) in [5.41, 5.74) is -0.644. The van der Waals surface area contributed by atoms with E-state index in [0.29, 0.717) is 0 Å². The predicted molar refractivity (Wildman–Crippen MR) is 58.4 cm³/mol. The summed E-state index contributed by atoms with van der Waals surface area (Å²) in [5, 5.41) is 11.8. The smallest absolute Gasteiger partial charge is 0.236 e. The van der Waals surface area contributed by atoms with E-state index in [4.69, 9.17) is 16.9 Å². The molecule has 1 saturated carbocycles. The van der Waals surface area contributed by atoms with Crippen LogP contribution in [0.15, 0.2) is 0 Å². The van der Waals surface area contributed by atoms with Crippen LogP contribution in [0.4, 0.5) is 0 Å². The Morgan fingerprint density at radius 1 is 1.64 bits per heavy atom. The summed E-state index contributed by atoms with van der Waals surface area (Å²) in [6.07, 6.45) is 3.50. The first kappa shape index (κ1) is 11.8. The Morgan fingerprint density at radius 2 is 2.21 bits per heavy atom. The third kappa shape index (κ3) is 2.61. The molecular weight excluding hydrogens is 267 g/mol. The standard InChI is InChI=1S/C9H12BrClN2O/c10-7(5-11)8(14)13-9(6-12)3-1-2-4-9/h7H,1-5H2,(H,13,14). The second-order valence-corrected chi connectivity index (χ2v) is 4.93. The fraction of sp³-hybridized carbons (Fsp3) is 0.778. The molecule has 0 radical (unpaired) electrons. The lowest BCUT2D eigenvalue weighted by Gasteiger charge is -2.23. The van der Waals surface area contributed by atoms with Gasteiger partial charge in [-0.05, 0) is 25.7 Å². The summed E-state index contributed by atoms with van der Waals surface area (Å²) >= 11 is 8.68. The van der Waals surface area contributed by atoms with Gasteiger partial charge in [-0.1, -0.05) is 15.9 Å². The van der Waals surface area contributed by atoms with Crippen molar-refractivity contribution in [2.24, 2.45) is 0 Å². The summed E-state index contributed by atoms with van der Waals surface area (Å²) in [5.74, 6) is 0.0244. The van der Waals surface area contributed by atoms with Gasteiger partial charge in [0.25, 0.3) is 0 Å². The minimum atomic E-state index is -0.644. The van der Waals surface area contributed by atoms with E-state index < -0.39 is 10.4 Å². The molecule has 0 aromatic heterocycles. The van der Waals surface area contributed by atoms with E-state index in [1.807, 2.05) is 0 Å². The van der Waals surface area contributed by atoms with E-state index >= 15 is 0 Å². The van der Waals surface area contributed by atoms with E-state index in [2.05, 4.69) is 27.3 Å². The van der Waals surface area contributed by atoms with Crippen molar-refractivity contribution in [3.05, 3.63) is 0 Å². The molecule has 1 aliphatic carbocycles. The fourth-order valence-corrected chi connectivity index (χ4v) is 1.88. The number of nitrogens with one attached hydrogen (secondary N) is 1. The number of nitrogens with zero attached hydrogens (tertiary/aromatic N) is 1. The summed E-state index contributed by atoms with van der Waals surface area (Å²) in [6, 6.07) is 2.19. The van der Waals surface area contributed by atoms with Crippen molar-refractivity contribution < 1.29 is 4.79 Å². The van der Waals surface area contributed by atoms with Crippen LogP contribution in [0.2, 0.25) is 0 Å². The highest BCUT2D eigenvalue weighted by atomic mass is 79.9. The minimum Gasteiger partial charge on any atom is -0.337 e. The maximum atomic E-state index is 11.5. The van der Waals surface area contributed by atoms with Crippen LogP contribution in [0.3, 0.4) is 0 Å². The third-order valence-electron chi connectivity index (χ3n) is 2.45. The van der Waals surface area contributed by atoms with Gasteiger partial charge in [0.05, 0.1) is 6.07 Å². The van der Waals surface area contributed by atoms with Gasteiger partial charge in [0.1, 0.15) is 10.4 Å². The molecule has 1 fully saturated rings.